The molecule has 4 nitrogen and oxygen atoms in total. The Kier molecular flexibility index (Phi) is 6.68. The molecule has 0 spiro atoms. The number of aromatic nitrogens is 1. The van der Waals surface area contributed by atoms with E-state index in [4.69, 9.17) is 4.74 Å². The molecule has 1 aromatic rings. The summed E-state index contributed by atoms with van der Waals surface area (Å²) in [6.07, 6.45) is 6.54. The minimum Gasteiger partial charge on any atom is -0.381 e. The van der Waals surface area contributed by atoms with Crippen LogP contribution in [-0.4, -0.2) is 30.6 Å². The first-order valence-corrected chi connectivity index (χ1v) is 6.12. The molecule has 1 saturated heterocycles. The number of rotatable bonds is 4. The number of pyridine rings is 1. The number of nitrogens with one attached hydrogen (secondary N) is 1. The minimum absolute atomic E-state index is 0. The molecule has 0 unspecified atom stereocenters. The number of hydrogen-bond donors (Lipinski definition) is 1. The number of carbonyl (C=O) groups is 1. The Morgan fingerprint density at radius 3 is 2.67 bits per heavy atom. The van der Waals surface area contributed by atoms with Gasteiger partial charge in [-0.05, 0) is 37.3 Å². The fraction of sp³-hybridized carbons (Fsp3) is 0.538. The molecule has 1 aromatic heterocycles. The van der Waals surface area contributed by atoms with Crippen LogP contribution in [0.5, 0.6) is 0 Å². The summed E-state index contributed by atoms with van der Waals surface area (Å²) < 4.78 is 5.30. The third kappa shape index (κ3) is 4.63. The van der Waals surface area contributed by atoms with Crippen molar-refractivity contribution < 1.29 is 9.53 Å². The van der Waals surface area contributed by atoms with Gasteiger partial charge in [0.05, 0.1) is 0 Å². The summed E-state index contributed by atoms with van der Waals surface area (Å²) in [6, 6.07) is 3.45. The van der Waals surface area contributed by atoms with Crippen molar-refractivity contribution in [2.45, 2.75) is 19.3 Å². The number of halogens is 1. The van der Waals surface area contributed by atoms with E-state index in [1.165, 1.54) is 0 Å². The number of ether oxygens (including phenoxy) is 1. The summed E-state index contributed by atoms with van der Waals surface area (Å²) in [5, 5.41) is 2.94. The first kappa shape index (κ1) is 14.9. The number of nitrogens with zero attached hydrogens (tertiary/aromatic N) is 1. The van der Waals surface area contributed by atoms with E-state index in [-0.39, 0.29) is 18.3 Å². The van der Waals surface area contributed by atoms with Crippen LogP contribution in [0.2, 0.25) is 0 Å². The first-order valence-electron chi connectivity index (χ1n) is 6.12. The second-order valence-corrected chi connectivity index (χ2v) is 4.34. The minimum atomic E-state index is -0.0144. The van der Waals surface area contributed by atoms with Crippen LogP contribution >= 0.6 is 12.4 Å². The molecule has 2 heterocycles. The van der Waals surface area contributed by atoms with E-state index in [1.54, 1.807) is 24.5 Å². The Bertz CT molecular complexity index is 353. The van der Waals surface area contributed by atoms with E-state index >= 15 is 0 Å². The van der Waals surface area contributed by atoms with Crippen molar-refractivity contribution in [1.82, 2.24) is 10.3 Å². The van der Waals surface area contributed by atoms with E-state index in [0.717, 1.165) is 39.0 Å². The average molecular weight is 271 g/mol. The molecule has 100 valence electrons. The summed E-state index contributed by atoms with van der Waals surface area (Å²) in [7, 11) is 0. The van der Waals surface area contributed by atoms with Crippen molar-refractivity contribution in [2.24, 2.45) is 5.92 Å². The van der Waals surface area contributed by atoms with Crippen LogP contribution in [0, 0.1) is 5.92 Å². The normalized spacial score (nSPS) is 15.8. The van der Waals surface area contributed by atoms with Gasteiger partial charge >= 0.3 is 0 Å². The molecule has 1 aliphatic rings. The predicted octanol–water partition coefficient (Wildman–Crippen LogP) is 2.05. The Morgan fingerprint density at radius 2 is 2.00 bits per heavy atom. The van der Waals surface area contributed by atoms with Crippen molar-refractivity contribution in [2.75, 3.05) is 19.8 Å². The van der Waals surface area contributed by atoms with Crippen LogP contribution in [0.3, 0.4) is 0 Å². The van der Waals surface area contributed by atoms with Crippen LogP contribution in [0.4, 0.5) is 0 Å². The molecule has 0 saturated carbocycles. The van der Waals surface area contributed by atoms with Crippen LogP contribution in [0.1, 0.15) is 29.6 Å². The van der Waals surface area contributed by atoms with E-state index in [9.17, 15) is 4.79 Å². The van der Waals surface area contributed by atoms with Crippen LogP contribution in [0.15, 0.2) is 24.5 Å². The lowest BCUT2D eigenvalue weighted by atomic mass is 9.97. The van der Waals surface area contributed by atoms with Crippen LogP contribution in [-0.2, 0) is 4.74 Å². The highest BCUT2D eigenvalue weighted by Crippen LogP contribution is 2.17. The van der Waals surface area contributed by atoms with Gasteiger partial charge in [0.1, 0.15) is 0 Å². The lowest BCUT2D eigenvalue weighted by molar-refractivity contribution is 0.0636. The highest BCUT2D eigenvalue weighted by Gasteiger charge is 2.13. The van der Waals surface area contributed by atoms with Gasteiger partial charge in [-0.2, -0.15) is 0 Å². The molecular formula is C13H19ClN2O2. The third-order valence-electron chi connectivity index (χ3n) is 3.12. The zero-order valence-electron chi connectivity index (χ0n) is 10.3. The van der Waals surface area contributed by atoms with Gasteiger partial charge in [-0.1, -0.05) is 0 Å². The van der Waals surface area contributed by atoms with Crippen molar-refractivity contribution in [3.63, 3.8) is 0 Å². The van der Waals surface area contributed by atoms with E-state index in [2.05, 4.69) is 10.3 Å². The van der Waals surface area contributed by atoms with Crippen molar-refractivity contribution in [3.05, 3.63) is 30.1 Å². The average Bonchev–Trinajstić information content (AvgIpc) is 2.41. The largest absolute Gasteiger partial charge is 0.381 e. The number of carbonyl (C=O) groups excluding carboxylic acids is 1. The summed E-state index contributed by atoms with van der Waals surface area (Å²) in [4.78, 5) is 15.6. The maximum absolute atomic E-state index is 11.7. The third-order valence-corrected chi connectivity index (χ3v) is 3.12. The molecule has 0 atom stereocenters. The summed E-state index contributed by atoms with van der Waals surface area (Å²) in [6.45, 7) is 2.47. The first-order chi connectivity index (χ1) is 8.36. The van der Waals surface area contributed by atoms with Gasteiger partial charge in [-0.3, -0.25) is 9.78 Å². The maximum Gasteiger partial charge on any atom is 0.251 e. The smallest absolute Gasteiger partial charge is 0.251 e. The summed E-state index contributed by atoms with van der Waals surface area (Å²) in [5.74, 6) is 0.681. The highest BCUT2D eigenvalue weighted by molar-refractivity contribution is 5.93. The van der Waals surface area contributed by atoms with E-state index < -0.39 is 0 Å². The topological polar surface area (TPSA) is 51.2 Å². The molecule has 1 N–H and O–H groups in total. The number of hydrogen-bond acceptors (Lipinski definition) is 3. The van der Waals surface area contributed by atoms with Crippen molar-refractivity contribution >= 4 is 18.3 Å². The molecule has 0 aromatic carbocycles. The van der Waals surface area contributed by atoms with E-state index in [0.29, 0.717) is 11.5 Å². The maximum atomic E-state index is 11.7. The Labute approximate surface area is 114 Å². The fourth-order valence-corrected chi connectivity index (χ4v) is 2.03. The van der Waals surface area contributed by atoms with Gasteiger partial charge in [-0.25, -0.2) is 0 Å². The molecule has 18 heavy (non-hydrogen) atoms. The number of amides is 1. The van der Waals surface area contributed by atoms with Crippen LogP contribution < -0.4 is 5.32 Å². The molecule has 0 aliphatic carbocycles. The second-order valence-electron chi connectivity index (χ2n) is 4.34. The zero-order chi connectivity index (χ0) is 11.9. The lowest BCUT2D eigenvalue weighted by Gasteiger charge is -2.21. The molecule has 2 rings (SSSR count). The SMILES string of the molecule is Cl.O=C(NCCC1CCOCC1)c1ccncc1. The molecule has 1 amide bonds. The molecule has 0 bridgehead atoms. The van der Waals surface area contributed by atoms with E-state index in [1.807, 2.05) is 0 Å². The second kappa shape index (κ2) is 8.06. The Hall–Kier alpha value is -1.13. The molecular weight excluding hydrogens is 252 g/mol. The standard InChI is InChI=1S/C13H18N2O2.ClH/c16-13(12-2-6-14-7-3-12)15-8-1-11-4-9-17-10-5-11;/h2-3,6-7,11H,1,4-5,8-10H2,(H,15,16);1H. The summed E-state index contributed by atoms with van der Waals surface area (Å²) >= 11 is 0. The molecule has 0 radical (unpaired) electrons. The lowest BCUT2D eigenvalue weighted by Crippen LogP contribution is -2.27. The zero-order valence-corrected chi connectivity index (χ0v) is 11.1. The quantitative estimate of drug-likeness (QED) is 0.911. The van der Waals surface area contributed by atoms with Crippen LogP contribution in [0.25, 0.3) is 0 Å². The monoisotopic (exact) mass is 270 g/mol. The van der Waals surface area contributed by atoms with Gasteiger partial charge in [0, 0.05) is 37.7 Å². The summed E-state index contributed by atoms with van der Waals surface area (Å²) in [5.41, 5.74) is 0.673. The van der Waals surface area contributed by atoms with Crippen molar-refractivity contribution in [1.29, 1.82) is 0 Å². The van der Waals surface area contributed by atoms with Gasteiger partial charge in [0.25, 0.3) is 5.91 Å². The van der Waals surface area contributed by atoms with Gasteiger partial charge < -0.3 is 10.1 Å². The highest BCUT2D eigenvalue weighted by atomic mass is 35.5. The molecule has 1 aliphatic heterocycles. The van der Waals surface area contributed by atoms with Gasteiger partial charge in [0.15, 0.2) is 0 Å². The Morgan fingerprint density at radius 1 is 1.33 bits per heavy atom. The van der Waals surface area contributed by atoms with Gasteiger partial charge in [-0.15, -0.1) is 12.4 Å². The van der Waals surface area contributed by atoms with Crippen molar-refractivity contribution in [3.8, 4) is 0 Å². The van der Waals surface area contributed by atoms with Gasteiger partial charge in [0.2, 0.25) is 0 Å². The predicted molar refractivity (Wildman–Crippen MR) is 72.0 cm³/mol. The molecule has 1 fully saturated rings. The fourth-order valence-electron chi connectivity index (χ4n) is 2.03. The molecule has 5 heteroatoms. The Balaban J connectivity index is 0.00000162.